The van der Waals surface area contributed by atoms with E-state index in [1.54, 1.807) is 18.7 Å². The first kappa shape index (κ1) is 15.8. The number of ketones is 1. The number of benzene rings is 1. The first-order valence-corrected chi connectivity index (χ1v) is 7.99. The van der Waals surface area contributed by atoms with Crippen molar-refractivity contribution in [2.45, 2.75) is 44.3 Å². The van der Waals surface area contributed by atoms with Crippen LogP contribution in [0, 0.1) is 12.8 Å². The zero-order valence-corrected chi connectivity index (χ0v) is 13.6. The van der Waals surface area contributed by atoms with Gasteiger partial charge >= 0.3 is 0 Å². The van der Waals surface area contributed by atoms with Gasteiger partial charge in [0, 0.05) is 4.90 Å². The van der Waals surface area contributed by atoms with Gasteiger partial charge in [-0.15, -0.1) is 11.8 Å². The third-order valence-electron chi connectivity index (χ3n) is 3.30. The largest absolute Gasteiger partial charge is 0.339 e. The minimum Gasteiger partial charge on any atom is -0.339 e. The molecule has 1 unspecified atom stereocenters. The Hall–Kier alpha value is -1.62. The van der Waals surface area contributed by atoms with Crippen LogP contribution < -0.4 is 0 Å². The van der Waals surface area contributed by atoms with Crippen molar-refractivity contribution in [1.29, 1.82) is 0 Å². The summed E-state index contributed by atoms with van der Waals surface area (Å²) in [7, 11) is 0. The van der Waals surface area contributed by atoms with Crippen molar-refractivity contribution >= 4 is 17.5 Å². The van der Waals surface area contributed by atoms with Gasteiger partial charge in [0.1, 0.15) is 5.78 Å². The molecule has 0 saturated heterocycles. The highest BCUT2D eigenvalue weighted by Gasteiger charge is 2.26. The van der Waals surface area contributed by atoms with Gasteiger partial charge in [0.15, 0.2) is 5.82 Å². The summed E-state index contributed by atoms with van der Waals surface area (Å²) >= 11 is 1.67. The SMILES string of the molecule is CC(=O)C(c1nc(CSc2ccccc2C)no1)C(C)C. The summed E-state index contributed by atoms with van der Waals surface area (Å²) in [6, 6.07) is 8.19. The molecule has 0 radical (unpaired) electrons. The van der Waals surface area contributed by atoms with Gasteiger partial charge in [0.05, 0.1) is 11.7 Å². The number of Topliss-reactive ketones (excluding diaryl/α,β-unsaturated/α-hetero) is 1. The van der Waals surface area contributed by atoms with Crippen molar-refractivity contribution in [1.82, 2.24) is 10.1 Å². The fourth-order valence-electron chi connectivity index (χ4n) is 2.24. The lowest BCUT2D eigenvalue weighted by Gasteiger charge is -2.12. The molecule has 5 heteroatoms. The average Bonchev–Trinajstić information content (AvgIpc) is 2.85. The summed E-state index contributed by atoms with van der Waals surface area (Å²) in [5.74, 6) is 1.60. The number of thioether (sulfide) groups is 1. The molecule has 0 aliphatic carbocycles. The fraction of sp³-hybridized carbons (Fsp3) is 0.438. The van der Waals surface area contributed by atoms with Gasteiger partial charge in [0.25, 0.3) is 0 Å². The Bertz CT molecular complexity index is 622. The van der Waals surface area contributed by atoms with Crippen LogP contribution >= 0.6 is 11.8 Å². The van der Waals surface area contributed by atoms with Crippen LogP contribution in [0.3, 0.4) is 0 Å². The van der Waals surface area contributed by atoms with Gasteiger partial charge in [0.2, 0.25) is 5.89 Å². The number of hydrogen-bond acceptors (Lipinski definition) is 5. The molecule has 1 aromatic heterocycles. The monoisotopic (exact) mass is 304 g/mol. The Kier molecular flexibility index (Phi) is 5.17. The highest BCUT2D eigenvalue weighted by atomic mass is 32.2. The van der Waals surface area contributed by atoms with Gasteiger partial charge in [-0.05, 0) is 31.4 Å². The number of hydrogen-bond donors (Lipinski definition) is 0. The number of rotatable bonds is 6. The maximum Gasteiger partial charge on any atom is 0.237 e. The minimum absolute atomic E-state index is 0.0618. The molecule has 0 saturated carbocycles. The molecule has 0 amide bonds. The molecule has 0 aliphatic heterocycles. The molecule has 2 rings (SSSR count). The number of carbonyl (C=O) groups excluding carboxylic acids is 1. The van der Waals surface area contributed by atoms with Crippen molar-refractivity contribution in [3.05, 3.63) is 41.5 Å². The Morgan fingerprint density at radius 3 is 2.67 bits per heavy atom. The molecule has 1 atom stereocenters. The van der Waals surface area contributed by atoms with Gasteiger partial charge in [-0.25, -0.2) is 0 Å². The van der Waals surface area contributed by atoms with E-state index in [0.29, 0.717) is 17.5 Å². The predicted octanol–water partition coefficient (Wildman–Crippen LogP) is 4.00. The second kappa shape index (κ2) is 6.89. The predicted molar refractivity (Wildman–Crippen MR) is 83.3 cm³/mol. The van der Waals surface area contributed by atoms with Crippen LogP contribution in [0.1, 0.15) is 44.0 Å². The topological polar surface area (TPSA) is 56.0 Å². The third-order valence-corrected chi connectivity index (χ3v) is 4.48. The van der Waals surface area contributed by atoms with E-state index in [-0.39, 0.29) is 17.6 Å². The lowest BCUT2D eigenvalue weighted by molar-refractivity contribution is -0.119. The zero-order chi connectivity index (χ0) is 15.4. The van der Waals surface area contributed by atoms with Gasteiger partial charge in [-0.2, -0.15) is 4.98 Å². The van der Waals surface area contributed by atoms with E-state index in [1.807, 2.05) is 26.0 Å². The summed E-state index contributed by atoms with van der Waals surface area (Å²) in [6.07, 6.45) is 0. The molecule has 4 nitrogen and oxygen atoms in total. The molecule has 0 N–H and O–H groups in total. The number of aryl methyl sites for hydroxylation is 1. The number of nitrogens with zero attached hydrogens (tertiary/aromatic N) is 2. The molecule has 0 bridgehead atoms. The van der Waals surface area contributed by atoms with Gasteiger partial charge in [-0.1, -0.05) is 37.2 Å². The smallest absolute Gasteiger partial charge is 0.237 e. The second-order valence-corrected chi connectivity index (χ2v) is 6.45. The van der Waals surface area contributed by atoms with Crippen molar-refractivity contribution in [2.75, 3.05) is 0 Å². The number of carbonyl (C=O) groups is 1. The van der Waals surface area contributed by atoms with Crippen LogP contribution in [0.25, 0.3) is 0 Å². The lowest BCUT2D eigenvalue weighted by atomic mass is 9.92. The highest BCUT2D eigenvalue weighted by molar-refractivity contribution is 7.98. The summed E-state index contributed by atoms with van der Waals surface area (Å²) in [4.78, 5) is 17.3. The summed E-state index contributed by atoms with van der Waals surface area (Å²) in [6.45, 7) is 7.61. The van der Waals surface area contributed by atoms with Crippen molar-refractivity contribution in [3.8, 4) is 0 Å². The molecule has 1 heterocycles. The first-order valence-electron chi connectivity index (χ1n) is 7.00. The van der Waals surface area contributed by atoms with Crippen LogP contribution in [0.5, 0.6) is 0 Å². The molecule has 0 aliphatic rings. The van der Waals surface area contributed by atoms with Crippen LogP contribution in [0.2, 0.25) is 0 Å². The molecule has 0 spiro atoms. The summed E-state index contributed by atoms with van der Waals surface area (Å²) in [5.41, 5.74) is 1.23. The van der Waals surface area contributed by atoms with E-state index in [0.717, 1.165) is 0 Å². The van der Waals surface area contributed by atoms with E-state index in [2.05, 4.69) is 29.2 Å². The Morgan fingerprint density at radius 2 is 2.05 bits per heavy atom. The van der Waals surface area contributed by atoms with E-state index >= 15 is 0 Å². The molecular weight excluding hydrogens is 284 g/mol. The zero-order valence-electron chi connectivity index (χ0n) is 12.8. The second-order valence-electron chi connectivity index (χ2n) is 5.44. The molecule has 2 aromatic rings. The van der Waals surface area contributed by atoms with E-state index in [9.17, 15) is 4.79 Å². The normalized spacial score (nSPS) is 12.6. The Balaban J connectivity index is 2.07. The minimum atomic E-state index is -0.310. The first-order chi connectivity index (χ1) is 9.99. The lowest BCUT2D eigenvalue weighted by Crippen LogP contribution is -2.15. The molecule has 21 heavy (non-hydrogen) atoms. The van der Waals surface area contributed by atoms with E-state index in [1.165, 1.54) is 10.5 Å². The van der Waals surface area contributed by atoms with Crippen LogP contribution in [0.15, 0.2) is 33.7 Å². The fourth-order valence-corrected chi connectivity index (χ4v) is 3.11. The molecule has 1 aromatic carbocycles. The van der Waals surface area contributed by atoms with Crippen molar-refractivity contribution in [3.63, 3.8) is 0 Å². The van der Waals surface area contributed by atoms with Crippen molar-refractivity contribution in [2.24, 2.45) is 5.92 Å². The van der Waals surface area contributed by atoms with Gasteiger partial charge in [-0.3, -0.25) is 4.79 Å². The Morgan fingerprint density at radius 1 is 1.33 bits per heavy atom. The van der Waals surface area contributed by atoms with Crippen LogP contribution in [-0.4, -0.2) is 15.9 Å². The van der Waals surface area contributed by atoms with E-state index < -0.39 is 0 Å². The van der Waals surface area contributed by atoms with Gasteiger partial charge < -0.3 is 4.52 Å². The summed E-state index contributed by atoms with van der Waals surface area (Å²) < 4.78 is 5.27. The quantitative estimate of drug-likeness (QED) is 0.755. The highest BCUT2D eigenvalue weighted by Crippen LogP contribution is 2.27. The average molecular weight is 304 g/mol. The maximum atomic E-state index is 11.7. The summed E-state index contributed by atoms with van der Waals surface area (Å²) in [5, 5.41) is 3.99. The van der Waals surface area contributed by atoms with Crippen molar-refractivity contribution < 1.29 is 9.32 Å². The standard InChI is InChI=1S/C16H20N2O2S/c1-10(2)15(12(4)19)16-17-14(18-20-16)9-21-13-8-6-5-7-11(13)3/h5-8,10,15H,9H2,1-4H3. The molecule has 0 fully saturated rings. The van der Waals surface area contributed by atoms with Crippen LogP contribution in [0.4, 0.5) is 0 Å². The number of aromatic nitrogens is 2. The Labute approximate surface area is 129 Å². The van der Waals surface area contributed by atoms with Crippen LogP contribution in [-0.2, 0) is 10.5 Å². The molecule has 112 valence electrons. The maximum absolute atomic E-state index is 11.7. The third kappa shape index (κ3) is 3.94. The molecular formula is C16H20N2O2S. The van der Waals surface area contributed by atoms with E-state index in [4.69, 9.17) is 4.52 Å².